The molecule has 1 heterocycles. The van der Waals surface area contributed by atoms with Crippen LogP contribution in [0.15, 0.2) is 18.2 Å². The average Bonchev–Trinajstić information content (AvgIpc) is 2.68. The molecular formula is C13H16N2O3. The van der Waals surface area contributed by atoms with Crippen molar-refractivity contribution in [1.29, 1.82) is 0 Å². The van der Waals surface area contributed by atoms with Crippen molar-refractivity contribution < 1.29 is 14.3 Å². The van der Waals surface area contributed by atoms with E-state index in [1.54, 1.807) is 19.2 Å². The van der Waals surface area contributed by atoms with E-state index < -0.39 is 0 Å². The van der Waals surface area contributed by atoms with Crippen LogP contribution < -0.4 is 10.6 Å². The highest BCUT2D eigenvalue weighted by molar-refractivity contribution is 6.02. The second kappa shape index (κ2) is 5.18. The number of anilines is 1. The number of amides is 2. The van der Waals surface area contributed by atoms with Crippen molar-refractivity contribution in [2.24, 2.45) is 0 Å². The molecule has 0 saturated heterocycles. The van der Waals surface area contributed by atoms with Crippen LogP contribution in [0.1, 0.15) is 22.8 Å². The molecule has 0 aromatic heterocycles. The number of methoxy groups -OCH3 is 1. The zero-order valence-electron chi connectivity index (χ0n) is 10.4. The molecule has 0 fully saturated rings. The first kappa shape index (κ1) is 12.6. The largest absolute Gasteiger partial charge is 0.383 e. The number of ether oxygens (including phenoxy) is 1. The number of benzene rings is 1. The van der Waals surface area contributed by atoms with E-state index >= 15 is 0 Å². The summed E-state index contributed by atoms with van der Waals surface area (Å²) in [5, 5.41) is 5.55. The van der Waals surface area contributed by atoms with Crippen molar-refractivity contribution in [1.82, 2.24) is 5.32 Å². The fraction of sp³-hybridized carbons (Fsp3) is 0.385. The van der Waals surface area contributed by atoms with Gasteiger partial charge in [0.15, 0.2) is 0 Å². The summed E-state index contributed by atoms with van der Waals surface area (Å²) in [6.45, 7) is 2.34. The number of carbonyl (C=O) groups excluding carboxylic acids is 2. The van der Waals surface area contributed by atoms with Crippen LogP contribution in [0.5, 0.6) is 0 Å². The van der Waals surface area contributed by atoms with Gasteiger partial charge in [-0.05, 0) is 24.6 Å². The van der Waals surface area contributed by atoms with Gasteiger partial charge in [-0.2, -0.15) is 0 Å². The Hall–Kier alpha value is -1.88. The molecule has 0 aliphatic carbocycles. The molecule has 5 heteroatoms. The van der Waals surface area contributed by atoms with Crippen molar-refractivity contribution in [3.63, 3.8) is 0 Å². The highest BCUT2D eigenvalue weighted by Gasteiger charge is 2.19. The molecule has 0 radical (unpaired) electrons. The van der Waals surface area contributed by atoms with Crippen molar-refractivity contribution in [2.75, 3.05) is 19.0 Å². The molecule has 1 aliphatic rings. The fourth-order valence-electron chi connectivity index (χ4n) is 1.95. The maximum Gasteiger partial charge on any atom is 0.251 e. The van der Waals surface area contributed by atoms with E-state index in [9.17, 15) is 9.59 Å². The average molecular weight is 248 g/mol. The molecule has 0 saturated carbocycles. The van der Waals surface area contributed by atoms with E-state index in [4.69, 9.17) is 4.74 Å². The van der Waals surface area contributed by atoms with Gasteiger partial charge in [-0.1, -0.05) is 6.07 Å². The lowest BCUT2D eigenvalue weighted by atomic mass is 10.1. The molecule has 1 aliphatic heterocycles. The Morgan fingerprint density at radius 2 is 2.33 bits per heavy atom. The van der Waals surface area contributed by atoms with E-state index in [2.05, 4.69) is 10.6 Å². The van der Waals surface area contributed by atoms with E-state index in [1.807, 2.05) is 13.0 Å². The van der Waals surface area contributed by atoms with Crippen LogP contribution in [0.3, 0.4) is 0 Å². The second-order valence-corrected chi connectivity index (χ2v) is 4.43. The monoisotopic (exact) mass is 248 g/mol. The minimum absolute atomic E-state index is 0.0321. The van der Waals surface area contributed by atoms with Gasteiger partial charge < -0.3 is 15.4 Å². The number of fused-ring (bicyclic) bond motifs is 1. The van der Waals surface area contributed by atoms with E-state index in [0.29, 0.717) is 18.6 Å². The Kier molecular flexibility index (Phi) is 3.62. The summed E-state index contributed by atoms with van der Waals surface area (Å²) in [4.78, 5) is 23.1. The minimum atomic E-state index is -0.163. The summed E-state index contributed by atoms with van der Waals surface area (Å²) < 4.78 is 4.96. The van der Waals surface area contributed by atoms with Crippen LogP contribution in [-0.4, -0.2) is 31.6 Å². The Labute approximate surface area is 106 Å². The molecule has 0 spiro atoms. The first-order valence-electron chi connectivity index (χ1n) is 5.82. The van der Waals surface area contributed by atoms with Gasteiger partial charge in [-0.3, -0.25) is 9.59 Å². The summed E-state index contributed by atoms with van der Waals surface area (Å²) in [7, 11) is 1.59. The molecule has 1 aromatic rings. The van der Waals surface area contributed by atoms with Crippen molar-refractivity contribution in [2.45, 2.75) is 19.4 Å². The van der Waals surface area contributed by atoms with E-state index in [1.165, 1.54) is 0 Å². The fourth-order valence-corrected chi connectivity index (χ4v) is 1.95. The van der Waals surface area contributed by atoms with Gasteiger partial charge in [0.25, 0.3) is 5.91 Å². The number of nitrogens with one attached hydrogen (secondary N) is 2. The molecule has 96 valence electrons. The SMILES string of the molecule is COCC(C)NC(=O)c1ccc2c(c1)NC(=O)C2. The predicted octanol–water partition coefficient (Wildman–Crippen LogP) is 0.946. The lowest BCUT2D eigenvalue weighted by Gasteiger charge is -2.13. The summed E-state index contributed by atoms with van der Waals surface area (Å²) in [6, 6.07) is 5.19. The maximum atomic E-state index is 11.9. The van der Waals surface area contributed by atoms with Gasteiger partial charge in [-0.15, -0.1) is 0 Å². The molecule has 0 bridgehead atoms. The molecule has 2 amide bonds. The van der Waals surface area contributed by atoms with Crippen molar-refractivity contribution >= 4 is 17.5 Å². The topological polar surface area (TPSA) is 67.4 Å². The van der Waals surface area contributed by atoms with Gasteiger partial charge in [0.2, 0.25) is 5.91 Å². The molecule has 5 nitrogen and oxygen atoms in total. The normalized spacial score (nSPS) is 14.9. The third-order valence-corrected chi connectivity index (χ3v) is 2.79. The molecule has 1 atom stereocenters. The highest BCUT2D eigenvalue weighted by Crippen LogP contribution is 2.23. The summed E-state index contributed by atoms with van der Waals surface area (Å²) >= 11 is 0. The predicted molar refractivity (Wildman–Crippen MR) is 67.6 cm³/mol. The molecule has 1 aromatic carbocycles. The molecule has 2 rings (SSSR count). The first-order valence-corrected chi connectivity index (χ1v) is 5.82. The Morgan fingerprint density at radius 1 is 1.56 bits per heavy atom. The lowest BCUT2D eigenvalue weighted by molar-refractivity contribution is -0.115. The zero-order chi connectivity index (χ0) is 13.1. The van der Waals surface area contributed by atoms with Crippen molar-refractivity contribution in [3.05, 3.63) is 29.3 Å². The second-order valence-electron chi connectivity index (χ2n) is 4.43. The first-order chi connectivity index (χ1) is 8.60. The van der Waals surface area contributed by atoms with Gasteiger partial charge in [0, 0.05) is 24.4 Å². The van der Waals surface area contributed by atoms with Crippen LogP contribution in [-0.2, 0) is 16.0 Å². The summed E-state index contributed by atoms with van der Waals surface area (Å²) in [5.41, 5.74) is 2.20. The molecule has 2 N–H and O–H groups in total. The van der Waals surface area contributed by atoms with Gasteiger partial charge >= 0.3 is 0 Å². The van der Waals surface area contributed by atoms with Crippen molar-refractivity contribution in [3.8, 4) is 0 Å². The minimum Gasteiger partial charge on any atom is -0.383 e. The van der Waals surface area contributed by atoms with E-state index in [-0.39, 0.29) is 17.9 Å². The Morgan fingerprint density at radius 3 is 3.06 bits per heavy atom. The molecular weight excluding hydrogens is 232 g/mol. The van der Waals surface area contributed by atoms with Crippen LogP contribution >= 0.6 is 0 Å². The summed E-state index contributed by atoms with van der Waals surface area (Å²) in [6.07, 6.45) is 0.386. The third kappa shape index (κ3) is 2.68. The molecule has 18 heavy (non-hydrogen) atoms. The molecule has 1 unspecified atom stereocenters. The van der Waals surface area contributed by atoms with Crippen LogP contribution in [0.2, 0.25) is 0 Å². The third-order valence-electron chi connectivity index (χ3n) is 2.79. The summed E-state index contributed by atoms with van der Waals surface area (Å²) in [5.74, 6) is -0.196. The standard InChI is InChI=1S/C13H16N2O3/c1-8(7-18-2)14-13(17)10-4-3-9-6-12(16)15-11(9)5-10/h3-5,8H,6-7H2,1-2H3,(H,14,17)(H,15,16). The number of hydrogen-bond donors (Lipinski definition) is 2. The number of rotatable bonds is 4. The van der Waals surface area contributed by atoms with Crippen LogP contribution in [0.4, 0.5) is 5.69 Å². The lowest BCUT2D eigenvalue weighted by Crippen LogP contribution is -2.35. The maximum absolute atomic E-state index is 11.9. The Bertz CT molecular complexity index is 485. The van der Waals surface area contributed by atoms with Crippen LogP contribution in [0, 0.1) is 0 Å². The van der Waals surface area contributed by atoms with Gasteiger partial charge in [0.05, 0.1) is 13.0 Å². The highest BCUT2D eigenvalue weighted by atomic mass is 16.5. The number of hydrogen-bond acceptors (Lipinski definition) is 3. The quantitative estimate of drug-likeness (QED) is 0.833. The van der Waals surface area contributed by atoms with E-state index in [0.717, 1.165) is 11.3 Å². The Balaban J connectivity index is 2.08. The smallest absolute Gasteiger partial charge is 0.251 e. The van der Waals surface area contributed by atoms with Gasteiger partial charge in [0.1, 0.15) is 0 Å². The van der Waals surface area contributed by atoms with Crippen LogP contribution in [0.25, 0.3) is 0 Å². The zero-order valence-corrected chi connectivity index (χ0v) is 10.4. The number of carbonyl (C=O) groups is 2. The van der Waals surface area contributed by atoms with Gasteiger partial charge in [-0.25, -0.2) is 0 Å².